The van der Waals surface area contributed by atoms with Crippen molar-refractivity contribution in [1.29, 1.82) is 0 Å². The lowest BCUT2D eigenvalue weighted by molar-refractivity contribution is -0.124. The normalized spacial score (nSPS) is 20.3. The van der Waals surface area contributed by atoms with E-state index in [2.05, 4.69) is 40.7 Å². The van der Waals surface area contributed by atoms with Gasteiger partial charge in [-0.05, 0) is 88.8 Å². The summed E-state index contributed by atoms with van der Waals surface area (Å²) in [6, 6.07) is 12.2. The molecule has 4 heterocycles. The van der Waals surface area contributed by atoms with E-state index in [1.54, 1.807) is 0 Å². The van der Waals surface area contributed by atoms with E-state index < -0.39 is 0 Å². The monoisotopic (exact) mass is 448 g/mol. The number of carbonyl (C=O) groups is 1. The molecule has 1 spiro atoms. The number of aryl methyl sites for hydroxylation is 3. The largest absolute Gasteiger partial charge is 0.375 e. The maximum absolute atomic E-state index is 13.2. The molecule has 2 aliphatic rings. The summed E-state index contributed by atoms with van der Waals surface area (Å²) >= 11 is 0. The fraction of sp³-hybridized carbons (Fsp3) is 0.500. The first kappa shape index (κ1) is 21.9. The predicted octanol–water partition coefficient (Wildman–Crippen LogP) is 4.43. The van der Waals surface area contributed by atoms with Crippen molar-refractivity contribution in [1.82, 2.24) is 19.6 Å². The molecule has 1 unspecified atom stereocenters. The number of rotatable bonds is 4. The number of nitrogens with zero attached hydrogens (tertiary/aromatic N) is 4. The van der Waals surface area contributed by atoms with Crippen LogP contribution in [0.25, 0.3) is 5.69 Å². The second-order valence-electron chi connectivity index (χ2n) is 9.62. The number of likely N-dealkylation sites (tertiary alicyclic amines) is 1. The number of hydrogen-bond donors (Lipinski definition) is 0. The Balaban J connectivity index is 1.20. The molecule has 1 amide bonds. The third-order valence-electron chi connectivity index (χ3n) is 7.23. The molecule has 0 bridgehead atoms. The van der Waals surface area contributed by atoms with Crippen LogP contribution in [0.5, 0.6) is 0 Å². The van der Waals surface area contributed by atoms with Gasteiger partial charge in [0.05, 0.1) is 5.60 Å². The van der Waals surface area contributed by atoms with E-state index in [9.17, 15) is 4.79 Å². The first-order valence-corrected chi connectivity index (χ1v) is 11.9. The number of benzene rings is 1. The van der Waals surface area contributed by atoms with Crippen LogP contribution >= 0.6 is 0 Å². The van der Waals surface area contributed by atoms with Crippen LogP contribution in [0.15, 0.2) is 40.9 Å². The summed E-state index contributed by atoms with van der Waals surface area (Å²) in [4.78, 5) is 19.5. The van der Waals surface area contributed by atoms with E-state index in [1.807, 2.05) is 36.1 Å². The Morgan fingerprint density at radius 2 is 1.76 bits per heavy atom. The van der Waals surface area contributed by atoms with Crippen molar-refractivity contribution in [3.63, 3.8) is 0 Å². The fourth-order valence-corrected chi connectivity index (χ4v) is 5.45. The number of ether oxygens (including phenoxy) is 1. The molecule has 174 valence electrons. The highest BCUT2D eigenvalue weighted by Crippen LogP contribution is 2.39. The molecule has 5 rings (SSSR count). The van der Waals surface area contributed by atoms with Crippen molar-refractivity contribution in [3.8, 4) is 5.69 Å². The first-order valence-electron chi connectivity index (χ1n) is 11.9. The number of aromatic nitrogens is 3. The van der Waals surface area contributed by atoms with Gasteiger partial charge in [-0.3, -0.25) is 4.79 Å². The molecule has 7 heteroatoms. The van der Waals surface area contributed by atoms with Gasteiger partial charge in [-0.1, -0.05) is 5.16 Å². The van der Waals surface area contributed by atoms with Crippen molar-refractivity contribution in [2.24, 2.45) is 5.92 Å². The van der Waals surface area contributed by atoms with Crippen molar-refractivity contribution in [2.75, 3.05) is 19.7 Å². The standard InChI is InChI=1S/C26H32N4O3/c1-18-4-5-19(2)30(18)23-8-6-22(7-9-23)25(31)29-13-11-26(12-14-29)17-21(10-15-32-26)16-24-27-20(3)28-33-24/h4-9,21H,10-17H2,1-3H3. The van der Waals surface area contributed by atoms with Gasteiger partial charge in [0.15, 0.2) is 5.82 Å². The summed E-state index contributed by atoms with van der Waals surface area (Å²) in [6.07, 6.45) is 4.55. The molecule has 2 aliphatic heterocycles. The maximum atomic E-state index is 13.2. The molecule has 1 atom stereocenters. The SMILES string of the molecule is Cc1noc(CC2CCOC3(CCN(C(=O)c4ccc(-n5c(C)ccc5C)cc4)CC3)C2)n1. The molecule has 1 aromatic carbocycles. The molecule has 2 saturated heterocycles. The van der Waals surface area contributed by atoms with Gasteiger partial charge in [-0.2, -0.15) is 4.98 Å². The van der Waals surface area contributed by atoms with Gasteiger partial charge in [0.1, 0.15) is 0 Å². The summed E-state index contributed by atoms with van der Waals surface area (Å²) < 4.78 is 13.8. The Morgan fingerprint density at radius 3 is 2.39 bits per heavy atom. The summed E-state index contributed by atoms with van der Waals surface area (Å²) in [6.45, 7) is 8.24. The fourth-order valence-electron chi connectivity index (χ4n) is 5.45. The number of amides is 1. The van der Waals surface area contributed by atoms with Crippen LogP contribution < -0.4 is 0 Å². The zero-order valence-corrected chi connectivity index (χ0v) is 19.7. The molecule has 3 aromatic rings. The highest BCUT2D eigenvalue weighted by Gasteiger charge is 2.41. The van der Waals surface area contributed by atoms with Gasteiger partial charge in [-0.25, -0.2) is 0 Å². The van der Waals surface area contributed by atoms with Crippen molar-refractivity contribution in [3.05, 3.63) is 65.1 Å². The van der Waals surface area contributed by atoms with E-state index in [1.165, 1.54) is 11.4 Å². The van der Waals surface area contributed by atoms with E-state index in [0.717, 1.165) is 68.9 Å². The molecule has 33 heavy (non-hydrogen) atoms. The number of piperidine rings is 1. The Hall–Kier alpha value is -2.93. The van der Waals surface area contributed by atoms with E-state index in [0.29, 0.717) is 11.7 Å². The third-order valence-corrected chi connectivity index (χ3v) is 7.23. The molecule has 0 N–H and O–H groups in total. The average molecular weight is 449 g/mol. The smallest absolute Gasteiger partial charge is 0.253 e. The summed E-state index contributed by atoms with van der Waals surface area (Å²) in [5, 5.41) is 3.91. The second-order valence-corrected chi connectivity index (χ2v) is 9.62. The van der Waals surface area contributed by atoms with Crippen molar-refractivity contribution < 1.29 is 14.1 Å². The van der Waals surface area contributed by atoms with E-state index in [4.69, 9.17) is 9.26 Å². The molecule has 0 radical (unpaired) electrons. The second kappa shape index (κ2) is 8.78. The number of hydrogen-bond acceptors (Lipinski definition) is 5. The summed E-state index contributed by atoms with van der Waals surface area (Å²) in [5.41, 5.74) is 4.07. The van der Waals surface area contributed by atoms with Gasteiger partial charge >= 0.3 is 0 Å². The molecule has 0 aliphatic carbocycles. The van der Waals surface area contributed by atoms with Crippen LogP contribution in [0.3, 0.4) is 0 Å². The van der Waals surface area contributed by atoms with E-state index >= 15 is 0 Å². The highest BCUT2D eigenvalue weighted by molar-refractivity contribution is 5.94. The summed E-state index contributed by atoms with van der Waals surface area (Å²) in [5.74, 6) is 1.99. The molecule has 0 saturated carbocycles. The average Bonchev–Trinajstić information content (AvgIpc) is 3.38. The Morgan fingerprint density at radius 1 is 1.06 bits per heavy atom. The lowest BCUT2D eigenvalue weighted by atomic mass is 9.78. The van der Waals surface area contributed by atoms with E-state index in [-0.39, 0.29) is 11.5 Å². The van der Waals surface area contributed by atoms with Crippen LogP contribution in [0.4, 0.5) is 0 Å². The van der Waals surface area contributed by atoms with Crippen LogP contribution in [-0.4, -0.2) is 50.8 Å². The minimum atomic E-state index is -0.137. The van der Waals surface area contributed by atoms with Crippen LogP contribution in [-0.2, 0) is 11.2 Å². The molecular weight excluding hydrogens is 416 g/mol. The number of carbonyl (C=O) groups excluding carboxylic acids is 1. The minimum Gasteiger partial charge on any atom is -0.375 e. The zero-order valence-electron chi connectivity index (χ0n) is 19.7. The maximum Gasteiger partial charge on any atom is 0.253 e. The van der Waals surface area contributed by atoms with Gasteiger partial charge in [0.2, 0.25) is 5.89 Å². The highest BCUT2D eigenvalue weighted by atomic mass is 16.5. The van der Waals surface area contributed by atoms with Gasteiger partial charge < -0.3 is 18.7 Å². The topological polar surface area (TPSA) is 73.4 Å². The third kappa shape index (κ3) is 4.47. The van der Waals surface area contributed by atoms with Gasteiger partial charge in [0.25, 0.3) is 5.91 Å². The quantitative estimate of drug-likeness (QED) is 0.590. The molecule has 2 aromatic heterocycles. The van der Waals surface area contributed by atoms with Crippen LogP contribution in [0.2, 0.25) is 0 Å². The first-order chi connectivity index (χ1) is 15.9. The zero-order chi connectivity index (χ0) is 23.0. The van der Waals surface area contributed by atoms with Crippen molar-refractivity contribution >= 4 is 5.91 Å². The lowest BCUT2D eigenvalue weighted by Crippen LogP contribution is -2.51. The van der Waals surface area contributed by atoms with Gasteiger partial charge in [0, 0.05) is 48.8 Å². The Kier molecular flexibility index (Phi) is 5.83. The van der Waals surface area contributed by atoms with Crippen LogP contribution in [0.1, 0.15) is 59.1 Å². The van der Waals surface area contributed by atoms with Gasteiger partial charge in [-0.15, -0.1) is 0 Å². The predicted molar refractivity (Wildman–Crippen MR) is 125 cm³/mol. The molecular formula is C26H32N4O3. The molecule has 2 fully saturated rings. The van der Waals surface area contributed by atoms with Crippen molar-refractivity contribution in [2.45, 2.75) is 58.5 Å². The molecule has 7 nitrogen and oxygen atoms in total. The Labute approximate surface area is 194 Å². The minimum absolute atomic E-state index is 0.103. The van der Waals surface area contributed by atoms with Crippen LogP contribution in [0, 0.1) is 26.7 Å². The lowest BCUT2D eigenvalue weighted by Gasteiger charge is -2.46. The Bertz CT molecular complexity index is 1100. The summed E-state index contributed by atoms with van der Waals surface area (Å²) in [7, 11) is 0.